The third kappa shape index (κ3) is 62.1. The number of carbonyl (C=O) groups is 2. The Bertz CT molecular complexity index is 1570. The number of quaternary nitrogens is 1. The number of phosphoric acid groups is 1. The van der Waals surface area contributed by atoms with E-state index in [9.17, 15) is 19.0 Å². The van der Waals surface area contributed by atoms with Crippen LogP contribution in [0.2, 0.25) is 0 Å². The van der Waals surface area contributed by atoms with Gasteiger partial charge >= 0.3 is 13.8 Å². The van der Waals surface area contributed by atoms with Gasteiger partial charge in [-0.3, -0.25) is 18.6 Å². The number of nitrogens with zero attached hydrogens (tertiary/aromatic N) is 1. The number of esters is 1. The molecule has 0 aromatic heterocycles. The summed E-state index contributed by atoms with van der Waals surface area (Å²) < 4.78 is 30.8. The number of likely N-dealkylation sites (N-methyl/N-ethyl adjacent to an activating group) is 1. The molecule has 0 saturated carbocycles. The van der Waals surface area contributed by atoms with Crippen LogP contribution in [0.5, 0.6) is 0 Å². The zero-order valence-electron chi connectivity index (χ0n) is 54.3. The number of rotatable bonds is 63. The van der Waals surface area contributed by atoms with Crippen molar-refractivity contribution in [1.29, 1.82) is 0 Å². The molecule has 0 bridgehead atoms. The minimum atomic E-state index is -4.45. The minimum absolute atomic E-state index is 0.0380. The Morgan fingerprint density at radius 3 is 1.21 bits per heavy atom. The van der Waals surface area contributed by atoms with Crippen LogP contribution in [0, 0.1) is 0 Å². The molecule has 0 aliphatic heterocycles. The molecule has 0 aliphatic carbocycles. The zero-order valence-corrected chi connectivity index (χ0v) is 55.2. The molecular formula is C71H134N2O7P+. The Labute approximate surface area is 502 Å². The summed E-state index contributed by atoms with van der Waals surface area (Å²) in [5.74, 6) is -0.507. The molecule has 1 amide bonds. The van der Waals surface area contributed by atoms with Gasteiger partial charge in [0, 0.05) is 12.8 Å². The number of allylic oxidation sites excluding steroid dienone is 9. The molecule has 0 radical (unpaired) electrons. The van der Waals surface area contributed by atoms with Crippen molar-refractivity contribution in [1.82, 2.24) is 5.32 Å². The summed E-state index contributed by atoms with van der Waals surface area (Å²) in [5, 5.41) is 3.06. The Balaban J connectivity index is 5.04. The first-order valence-corrected chi connectivity index (χ1v) is 36.1. The van der Waals surface area contributed by atoms with Crippen molar-refractivity contribution < 1.29 is 37.3 Å². The fourth-order valence-corrected chi connectivity index (χ4v) is 10.8. The van der Waals surface area contributed by atoms with Crippen LogP contribution in [0.25, 0.3) is 0 Å². The highest BCUT2D eigenvalue weighted by Gasteiger charge is 2.30. The van der Waals surface area contributed by atoms with E-state index in [0.717, 1.165) is 83.5 Å². The van der Waals surface area contributed by atoms with Gasteiger partial charge in [0.1, 0.15) is 19.3 Å². The summed E-state index contributed by atoms with van der Waals surface area (Å²) in [6, 6.07) is -0.854. The summed E-state index contributed by atoms with van der Waals surface area (Å²) >= 11 is 0. The summed E-state index contributed by atoms with van der Waals surface area (Å²) in [4.78, 5) is 37.8. The lowest BCUT2D eigenvalue weighted by Gasteiger charge is -2.27. The fraction of sp³-hybridized carbons (Fsp3) is 0.831. The van der Waals surface area contributed by atoms with Gasteiger partial charge in [-0.1, -0.05) is 287 Å². The summed E-state index contributed by atoms with van der Waals surface area (Å²) in [7, 11) is 1.50. The molecule has 0 fully saturated rings. The number of hydrogen-bond acceptors (Lipinski definition) is 6. The standard InChI is InChI=1S/C71H133N2O7P/c1-7-10-13-16-19-22-25-28-30-31-32-33-34-35-36-37-38-39-40-41-43-46-49-52-55-58-61-64-71(75)80-69(62-59-56-53-50-47-44-27-24-21-18-15-12-9-3)68(67-79-81(76,77)78-66-65-73(4,5)6)72-70(74)63-60-57-54-51-48-45-42-29-26-23-20-17-14-11-8-2/h19-20,22-23,26,28-30,59,62,68-69H,7-18,21,24-25,27,31-58,60-61,63-67H2,1-6H3,(H-,72,74,76,77)/p+1/b22-19-,23-20+,29-26+,30-28-,62-59-. The molecule has 0 spiro atoms. The van der Waals surface area contributed by atoms with Crippen LogP contribution in [-0.2, 0) is 27.9 Å². The molecule has 3 atom stereocenters. The van der Waals surface area contributed by atoms with E-state index in [1.165, 1.54) is 212 Å². The molecule has 10 heteroatoms. The van der Waals surface area contributed by atoms with Crippen LogP contribution in [-0.4, -0.2) is 74.3 Å². The zero-order chi connectivity index (χ0) is 59.3. The lowest BCUT2D eigenvalue weighted by molar-refractivity contribution is -0.870. The molecule has 474 valence electrons. The van der Waals surface area contributed by atoms with E-state index in [1.807, 2.05) is 33.3 Å². The first-order valence-electron chi connectivity index (χ1n) is 34.6. The number of carbonyl (C=O) groups excluding carboxylic acids is 2. The monoisotopic (exact) mass is 1160 g/mol. The van der Waals surface area contributed by atoms with E-state index in [1.54, 1.807) is 0 Å². The largest absolute Gasteiger partial charge is 0.472 e. The fourth-order valence-electron chi connectivity index (χ4n) is 10.1. The van der Waals surface area contributed by atoms with Gasteiger partial charge in [0.2, 0.25) is 5.91 Å². The minimum Gasteiger partial charge on any atom is -0.456 e. The van der Waals surface area contributed by atoms with E-state index in [2.05, 4.69) is 74.7 Å². The van der Waals surface area contributed by atoms with Gasteiger partial charge in [-0.2, -0.15) is 0 Å². The Morgan fingerprint density at radius 2 is 0.790 bits per heavy atom. The lowest BCUT2D eigenvalue weighted by Crippen LogP contribution is -2.47. The van der Waals surface area contributed by atoms with Gasteiger partial charge in [-0.25, -0.2) is 4.57 Å². The van der Waals surface area contributed by atoms with E-state index < -0.39 is 20.0 Å². The van der Waals surface area contributed by atoms with E-state index in [4.69, 9.17) is 13.8 Å². The van der Waals surface area contributed by atoms with Crippen LogP contribution in [0.4, 0.5) is 0 Å². The van der Waals surface area contributed by atoms with Crippen LogP contribution in [0.3, 0.4) is 0 Å². The van der Waals surface area contributed by atoms with Crippen molar-refractivity contribution in [2.45, 2.75) is 341 Å². The normalized spacial score (nSPS) is 13.9. The lowest BCUT2D eigenvalue weighted by atomic mass is 10.0. The number of nitrogens with one attached hydrogen (secondary N) is 1. The smallest absolute Gasteiger partial charge is 0.456 e. The van der Waals surface area contributed by atoms with Crippen molar-refractivity contribution >= 4 is 19.7 Å². The average Bonchev–Trinajstić information content (AvgIpc) is 3.44. The Kier molecular flexibility index (Phi) is 59.1. The van der Waals surface area contributed by atoms with Crippen molar-refractivity contribution in [2.24, 2.45) is 0 Å². The molecule has 0 rings (SSSR count). The van der Waals surface area contributed by atoms with Gasteiger partial charge < -0.3 is 19.4 Å². The maximum atomic E-state index is 13.6. The first-order chi connectivity index (χ1) is 39.4. The third-order valence-corrected chi connectivity index (χ3v) is 16.4. The molecule has 0 saturated heterocycles. The number of amides is 1. The predicted molar refractivity (Wildman–Crippen MR) is 351 cm³/mol. The summed E-state index contributed by atoms with van der Waals surface area (Å²) in [5.41, 5.74) is 0. The van der Waals surface area contributed by atoms with Crippen LogP contribution in [0.1, 0.15) is 329 Å². The highest BCUT2D eigenvalue weighted by atomic mass is 31.2. The molecule has 0 aliphatic rings. The molecule has 0 heterocycles. The molecule has 0 aromatic carbocycles. The van der Waals surface area contributed by atoms with Crippen molar-refractivity contribution in [3.8, 4) is 0 Å². The second-order valence-corrected chi connectivity index (χ2v) is 26.2. The van der Waals surface area contributed by atoms with Crippen LogP contribution >= 0.6 is 7.82 Å². The predicted octanol–water partition coefficient (Wildman–Crippen LogP) is 21.8. The summed E-state index contributed by atoms with van der Waals surface area (Å²) in [6.07, 6.45) is 78.0. The molecular weight excluding hydrogens is 1020 g/mol. The van der Waals surface area contributed by atoms with Crippen molar-refractivity contribution in [2.75, 3.05) is 40.9 Å². The van der Waals surface area contributed by atoms with Gasteiger partial charge in [-0.05, 0) is 89.5 Å². The van der Waals surface area contributed by atoms with E-state index >= 15 is 0 Å². The number of hydrogen-bond donors (Lipinski definition) is 2. The maximum absolute atomic E-state index is 13.6. The van der Waals surface area contributed by atoms with Gasteiger partial charge in [0.05, 0.1) is 33.8 Å². The Hall–Kier alpha value is -2.29. The molecule has 9 nitrogen and oxygen atoms in total. The molecule has 3 unspecified atom stereocenters. The van der Waals surface area contributed by atoms with E-state index in [-0.39, 0.29) is 25.1 Å². The highest BCUT2D eigenvalue weighted by molar-refractivity contribution is 7.47. The maximum Gasteiger partial charge on any atom is 0.472 e. The number of phosphoric ester groups is 1. The molecule has 0 aromatic rings. The Morgan fingerprint density at radius 1 is 0.444 bits per heavy atom. The SMILES string of the molecule is CCCCC/C=C\C/C=C\CCCCCCCCCCCCCCCCCCCC(=O)OC(/C=C\CCCCCCCCCCCCC)C(COP(=O)(O)OCC[N+](C)(C)C)NC(=O)CCCCCCCC/C=C/C=C/CCCCC. The highest BCUT2D eigenvalue weighted by Crippen LogP contribution is 2.43. The van der Waals surface area contributed by atoms with Crippen molar-refractivity contribution in [3.63, 3.8) is 0 Å². The number of unbranched alkanes of at least 4 members (excludes halogenated alkanes) is 40. The van der Waals surface area contributed by atoms with Crippen LogP contribution in [0.15, 0.2) is 60.8 Å². The third-order valence-electron chi connectivity index (χ3n) is 15.5. The summed E-state index contributed by atoms with van der Waals surface area (Å²) in [6.45, 7) is 6.99. The quantitative estimate of drug-likeness (QED) is 0.0156. The van der Waals surface area contributed by atoms with Gasteiger partial charge in [-0.15, -0.1) is 0 Å². The van der Waals surface area contributed by atoms with Gasteiger partial charge in [0.15, 0.2) is 0 Å². The van der Waals surface area contributed by atoms with E-state index in [0.29, 0.717) is 23.9 Å². The topological polar surface area (TPSA) is 111 Å². The average molecular weight is 1160 g/mol. The molecule has 81 heavy (non-hydrogen) atoms. The second-order valence-electron chi connectivity index (χ2n) is 24.7. The second kappa shape index (κ2) is 60.8. The molecule has 2 N–H and O–H groups in total. The van der Waals surface area contributed by atoms with Crippen LogP contribution < -0.4 is 5.32 Å². The first kappa shape index (κ1) is 78.7. The number of ether oxygens (including phenoxy) is 1. The van der Waals surface area contributed by atoms with Gasteiger partial charge in [0.25, 0.3) is 0 Å². The van der Waals surface area contributed by atoms with Crippen molar-refractivity contribution in [3.05, 3.63) is 60.8 Å².